The molecule has 0 aromatic heterocycles. The van der Waals surface area contributed by atoms with Crippen molar-refractivity contribution >= 4 is 23.5 Å². The highest BCUT2D eigenvalue weighted by Gasteiger charge is 2.19. The Morgan fingerprint density at radius 1 is 1.14 bits per heavy atom. The van der Waals surface area contributed by atoms with E-state index in [-0.39, 0.29) is 5.91 Å². The second kappa shape index (κ2) is 6.69. The number of carbonyl (C=O) groups is 3. The lowest BCUT2D eigenvalue weighted by molar-refractivity contribution is -0.131. The van der Waals surface area contributed by atoms with Crippen LogP contribution in [-0.4, -0.2) is 40.9 Å². The fourth-order valence-electron chi connectivity index (χ4n) is 2.16. The van der Waals surface area contributed by atoms with Crippen molar-refractivity contribution in [2.75, 3.05) is 18.4 Å². The molecule has 21 heavy (non-hydrogen) atoms. The quantitative estimate of drug-likeness (QED) is 0.822. The number of hydrogen-bond donors (Lipinski definition) is 2. The summed E-state index contributed by atoms with van der Waals surface area (Å²) in [5.74, 6) is -1.80. The normalized spacial score (nSPS) is 14.4. The Morgan fingerprint density at radius 2 is 1.86 bits per heavy atom. The maximum Gasteiger partial charge on any atom is 0.328 e. The number of hydrogen-bond acceptors (Lipinski definition) is 3. The zero-order valence-electron chi connectivity index (χ0n) is 11.4. The maximum absolute atomic E-state index is 12.2. The molecule has 0 atom stereocenters. The monoisotopic (exact) mass is 288 g/mol. The van der Waals surface area contributed by atoms with E-state index in [1.807, 2.05) is 0 Å². The van der Waals surface area contributed by atoms with Crippen LogP contribution in [0.4, 0.5) is 5.69 Å². The topological polar surface area (TPSA) is 86.7 Å². The van der Waals surface area contributed by atoms with Crippen LogP contribution in [0.15, 0.2) is 36.4 Å². The van der Waals surface area contributed by atoms with Gasteiger partial charge < -0.3 is 15.3 Å². The number of likely N-dealkylation sites (tertiary alicyclic amines) is 1. The third-order valence-electron chi connectivity index (χ3n) is 3.15. The minimum absolute atomic E-state index is 0.0512. The number of carboxylic acid groups (broad SMARTS) is 1. The largest absolute Gasteiger partial charge is 0.478 e. The second-order valence-corrected chi connectivity index (χ2v) is 4.74. The van der Waals surface area contributed by atoms with E-state index in [4.69, 9.17) is 5.11 Å². The highest BCUT2D eigenvalue weighted by atomic mass is 16.4. The van der Waals surface area contributed by atoms with Crippen molar-refractivity contribution in [1.82, 2.24) is 4.90 Å². The van der Waals surface area contributed by atoms with Gasteiger partial charge in [-0.2, -0.15) is 0 Å². The zero-order chi connectivity index (χ0) is 15.2. The van der Waals surface area contributed by atoms with E-state index < -0.39 is 11.9 Å². The number of anilines is 1. The van der Waals surface area contributed by atoms with E-state index in [1.165, 1.54) is 0 Å². The van der Waals surface area contributed by atoms with Gasteiger partial charge in [-0.3, -0.25) is 9.59 Å². The average molecular weight is 288 g/mol. The standard InChI is InChI=1S/C15H16N2O4/c18-13(6-7-14(19)20)16-12-5-3-4-11(10-12)15(21)17-8-1-2-9-17/h3-7,10H,1-2,8-9H2,(H,16,18)(H,19,20)/b7-6+. The van der Waals surface area contributed by atoms with Crippen molar-refractivity contribution in [2.24, 2.45) is 0 Å². The number of aliphatic carboxylic acids is 1. The fraction of sp³-hybridized carbons (Fsp3) is 0.267. The molecule has 2 N–H and O–H groups in total. The van der Waals surface area contributed by atoms with Crippen LogP contribution in [0.2, 0.25) is 0 Å². The molecular formula is C15H16N2O4. The van der Waals surface area contributed by atoms with Gasteiger partial charge in [0.1, 0.15) is 0 Å². The molecule has 2 rings (SSSR count). The third kappa shape index (κ3) is 4.17. The Balaban J connectivity index is 2.05. The van der Waals surface area contributed by atoms with E-state index in [9.17, 15) is 14.4 Å². The predicted octanol–water partition coefficient (Wildman–Crippen LogP) is 1.50. The lowest BCUT2D eigenvalue weighted by Crippen LogP contribution is -2.27. The van der Waals surface area contributed by atoms with Crippen LogP contribution < -0.4 is 5.32 Å². The van der Waals surface area contributed by atoms with Gasteiger partial charge in [-0.05, 0) is 31.0 Å². The Hall–Kier alpha value is -2.63. The van der Waals surface area contributed by atoms with Gasteiger partial charge in [-0.15, -0.1) is 0 Å². The number of carbonyl (C=O) groups excluding carboxylic acids is 2. The molecule has 1 aromatic rings. The van der Waals surface area contributed by atoms with E-state index in [1.54, 1.807) is 29.2 Å². The van der Waals surface area contributed by atoms with Gasteiger partial charge in [0.15, 0.2) is 0 Å². The molecule has 0 saturated carbocycles. The van der Waals surface area contributed by atoms with Gasteiger partial charge in [-0.1, -0.05) is 6.07 Å². The molecule has 0 radical (unpaired) electrons. The highest BCUT2D eigenvalue weighted by Crippen LogP contribution is 2.16. The minimum atomic E-state index is -1.19. The molecule has 1 aliphatic rings. The number of nitrogens with one attached hydrogen (secondary N) is 1. The second-order valence-electron chi connectivity index (χ2n) is 4.74. The molecule has 1 heterocycles. The Kier molecular flexibility index (Phi) is 4.71. The summed E-state index contributed by atoms with van der Waals surface area (Å²) in [7, 11) is 0. The molecule has 0 unspecified atom stereocenters. The minimum Gasteiger partial charge on any atom is -0.478 e. The summed E-state index contributed by atoms with van der Waals surface area (Å²) >= 11 is 0. The summed E-state index contributed by atoms with van der Waals surface area (Å²) in [6, 6.07) is 6.61. The summed E-state index contributed by atoms with van der Waals surface area (Å²) in [5, 5.41) is 11.0. The number of carboxylic acids is 1. The van der Waals surface area contributed by atoms with Gasteiger partial charge in [-0.25, -0.2) is 4.79 Å². The van der Waals surface area contributed by atoms with Crippen molar-refractivity contribution in [2.45, 2.75) is 12.8 Å². The Bertz CT molecular complexity index is 589. The van der Waals surface area contributed by atoms with Crippen LogP contribution >= 0.6 is 0 Å². The summed E-state index contributed by atoms with van der Waals surface area (Å²) in [4.78, 5) is 35.8. The van der Waals surface area contributed by atoms with Gasteiger partial charge >= 0.3 is 5.97 Å². The van der Waals surface area contributed by atoms with Gasteiger partial charge in [0, 0.05) is 36.5 Å². The highest BCUT2D eigenvalue weighted by molar-refractivity contribution is 6.03. The average Bonchev–Trinajstić information content (AvgIpc) is 2.99. The number of benzene rings is 1. The van der Waals surface area contributed by atoms with Gasteiger partial charge in [0.2, 0.25) is 5.91 Å². The molecule has 1 aromatic carbocycles. The van der Waals surface area contributed by atoms with Crippen molar-refractivity contribution in [3.63, 3.8) is 0 Å². The molecule has 1 fully saturated rings. The molecule has 0 bridgehead atoms. The molecule has 1 aliphatic heterocycles. The van der Waals surface area contributed by atoms with Gasteiger partial charge in [0.25, 0.3) is 5.91 Å². The summed E-state index contributed by atoms with van der Waals surface area (Å²) in [6.45, 7) is 1.52. The summed E-state index contributed by atoms with van der Waals surface area (Å²) in [5.41, 5.74) is 0.969. The lowest BCUT2D eigenvalue weighted by Gasteiger charge is -2.15. The first-order chi connectivity index (χ1) is 10.1. The van der Waals surface area contributed by atoms with Crippen molar-refractivity contribution in [1.29, 1.82) is 0 Å². The third-order valence-corrected chi connectivity index (χ3v) is 3.15. The molecule has 0 spiro atoms. The van der Waals surface area contributed by atoms with E-state index in [2.05, 4.69) is 5.32 Å². The number of nitrogens with zero attached hydrogens (tertiary/aromatic N) is 1. The van der Waals surface area contributed by atoms with Crippen molar-refractivity contribution in [3.8, 4) is 0 Å². The van der Waals surface area contributed by atoms with E-state index in [0.717, 1.165) is 38.1 Å². The number of amides is 2. The lowest BCUT2D eigenvalue weighted by atomic mass is 10.1. The van der Waals surface area contributed by atoms with Gasteiger partial charge in [0.05, 0.1) is 0 Å². The smallest absolute Gasteiger partial charge is 0.328 e. The molecule has 110 valence electrons. The first-order valence-corrected chi connectivity index (χ1v) is 6.67. The SMILES string of the molecule is O=C(O)/C=C/C(=O)Nc1cccc(C(=O)N2CCCC2)c1. The zero-order valence-corrected chi connectivity index (χ0v) is 11.4. The van der Waals surface area contributed by atoms with E-state index in [0.29, 0.717) is 11.3 Å². The van der Waals surface area contributed by atoms with Crippen molar-refractivity contribution in [3.05, 3.63) is 42.0 Å². The molecule has 6 heteroatoms. The summed E-state index contributed by atoms with van der Waals surface area (Å²) in [6.07, 6.45) is 3.72. The van der Waals surface area contributed by atoms with Crippen LogP contribution in [0.25, 0.3) is 0 Å². The van der Waals surface area contributed by atoms with E-state index >= 15 is 0 Å². The Morgan fingerprint density at radius 3 is 2.52 bits per heavy atom. The fourth-order valence-corrected chi connectivity index (χ4v) is 2.16. The number of rotatable bonds is 4. The summed E-state index contributed by atoms with van der Waals surface area (Å²) < 4.78 is 0. The van der Waals surface area contributed by atoms with Crippen LogP contribution in [0.3, 0.4) is 0 Å². The first-order valence-electron chi connectivity index (χ1n) is 6.67. The first kappa shape index (κ1) is 14.8. The molecule has 6 nitrogen and oxygen atoms in total. The molecular weight excluding hydrogens is 272 g/mol. The maximum atomic E-state index is 12.2. The van der Waals surface area contributed by atoms with Crippen LogP contribution in [0.1, 0.15) is 23.2 Å². The Labute approximate surface area is 122 Å². The predicted molar refractivity (Wildman–Crippen MR) is 77.0 cm³/mol. The molecule has 1 saturated heterocycles. The van der Waals surface area contributed by atoms with Crippen LogP contribution in [0, 0.1) is 0 Å². The van der Waals surface area contributed by atoms with Crippen molar-refractivity contribution < 1.29 is 19.5 Å². The molecule has 2 amide bonds. The van der Waals surface area contributed by atoms with Crippen LogP contribution in [-0.2, 0) is 9.59 Å². The molecule has 0 aliphatic carbocycles. The van der Waals surface area contributed by atoms with Crippen LogP contribution in [0.5, 0.6) is 0 Å².